The number of anilines is 1. The van der Waals surface area contributed by atoms with E-state index in [1.54, 1.807) is 17.0 Å². The number of amides is 2. The van der Waals surface area contributed by atoms with E-state index in [9.17, 15) is 9.59 Å². The predicted octanol–water partition coefficient (Wildman–Crippen LogP) is 0.283. The number of halogens is 1. The van der Waals surface area contributed by atoms with Crippen LogP contribution in [-0.2, 0) is 4.79 Å². The van der Waals surface area contributed by atoms with Crippen LogP contribution >= 0.6 is 11.6 Å². The van der Waals surface area contributed by atoms with Crippen molar-refractivity contribution >= 4 is 29.1 Å². The second-order valence-electron chi connectivity index (χ2n) is 4.54. The first-order valence-electron chi connectivity index (χ1n) is 6.39. The monoisotopic (exact) mass is 296 g/mol. The molecular formula is C13H17ClN4O2. The van der Waals surface area contributed by atoms with E-state index in [0.29, 0.717) is 16.3 Å². The molecule has 2 rings (SSSR count). The van der Waals surface area contributed by atoms with Crippen molar-refractivity contribution in [3.05, 3.63) is 28.8 Å². The Morgan fingerprint density at radius 3 is 2.65 bits per heavy atom. The molecule has 0 aliphatic carbocycles. The van der Waals surface area contributed by atoms with Crippen LogP contribution in [0.5, 0.6) is 0 Å². The third-order valence-electron chi connectivity index (χ3n) is 3.15. The van der Waals surface area contributed by atoms with Gasteiger partial charge in [0.15, 0.2) is 0 Å². The molecule has 0 saturated carbocycles. The Kier molecular flexibility index (Phi) is 4.81. The largest absolute Gasteiger partial charge is 0.375 e. The van der Waals surface area contributed by atoms with Crippen molar-refractivity contribution in [1.82, 2.24) is 10.2 Å². The van der Waals surface area contributed by atoms with Crippen LogP contribution in [0.3, 0.4) is 0 Å². The third-order valence-corrected chi connectivity index (χ3v) is 3.47. The van der Waals surface area contributed by atoms with E-state index in [0.717, 1.165) is 26.2 Å². The van der Waals surface area contributed by atoms with Crippen molar-refractivity contribution in [3.8, 4) is 0 Å². The fourth-order valence-corrected chi connectivity index (χ4v) is 2.26. The molecule has 108 valence electrons. The molecule has 1 aromatic carbocycles. The van der Waals surface area contributed by atoms with E-state index in [1.165, 1.54) is 6.07 Å². The zero-order valence-corrected chi connectivity index (χ0v) is 11.7. The Morgan fingerprint density at radius 2 is 2.05 bits per heavy atom. The lowest BCUT2D eigenvalue weighted by Crippen LogP contribution is -2.48. The van der Waals surface area contributed by atoms with Gasteiger partial charge in [0.25, 0.3) is 0 Å². The Balaban J connectivity index is 1.93. The molecule has 7 heteroatoms. The van der Waals surface area contributed by atoms with Crippen LogP contribution in [-0.4, -0.2) is 49.4 Å². The van der Waals surface area contributed by atoms with Gasteiger partial charge in [-0.3, -0.25) is 9.59 Å². The summed E-state index contributed by atoms with van der Waals surface area (Å²) in [6.07, 6.45) is 0. The van der Waals surface area contributed by atoms with Crippen molar-refractivity contribution in [3.63, 3.8) is 0 Å². The first-order chi connectivity index (χ1) is 9.58. The first-order valence-corrected chi connectivity index (χ1v) is 6.77. The number of carbonyl (C=O) groups is 2. The molecule has 1 aromatic rings. The third kappa shape index (κ3) is 3.61. The van der Waals surface area contributed by atoms with Crippen molar-refractivity contribution < 1.29 is 9.59 Å². The number of rotatable bonds is 4. The molecule has 1 fully saturated rings. The van der Waals surface area contributed by atoms with Crippen molar-refractivity contribution in [2.24, 2.45) is 5.73 Å². The van der Waals surface area contributed by atoms with Crippen LogP contribution in [0.25, 0.3) is 0 Å². The Hall–Kier alpha value is -1.79. The Labute approximate surface area is 122 Å². The minimum atomic E-state index is -0.532. The SMILES string of the molecule is NC(=O)c1ccc(NCC(=O)N2CCNCC2)c(Cl)c1. The maximum atomic E-state index is 12.0. The number of nitrogens with two attached hydrogens (primary N) is 1. The van der Waals surface area contributed by atoms with Gasteiger partial charge in [0.2, 0.25) is 11.8 Å². The number of hydrogen-bond acceptors (Lipinski definition) is 4. The molecule has 0 unspecified atom stereocenters. The number of carbonyl (C=O) groups excluding carboxylic acids is 2. The van der Waals surface area contributed by atoms with Gasteiger partial charge in [0.05, 0.1) is 17.3 Å². The van der Waals surface area contributed by atoms with E-state index in [2.05, 4.69) is 10.6 Å². The van der Waals surface area contributed by atoms with Gasteiger partial charge in [0.1, 0.15) is 0 Å². The highest BCUT2D eigenvalue weighted by Crippen LogP contribution is 2.22. The molecule has 2 amide bonds. The molecule has 0 aromatic heterocycles. The van der Waals surface area contributed by atoms with Crippen LogP contribution in [0.2, 0.25) is 5.02 Å². The van der Waals surface area contributed by atoms with Crippen LogP contribution in [0.1, 0.15) is 10.4 Å². The number of nitrogens with one attached hydrogen (secondary N) is 2. The molecular weight excluding hydrogens is 280 g/mol. The molecule has 6 nitrogen and oxygen atoms in total. The van der Waals surface area contributed by atoms with Crippen LogP contribution in [0.15, 0.2) is 18.2 Å². The molecule has 0 atom stereocenters. The van der Waals surface area contributed by atoms with Crippen LogP contribution in [0.4, 0.5) is 5.69 Å². The maximum Gasteiger partial charge on any atom is 0.248 e. The Bertz CT molecular complexity index is 515. The zero-order chi connectivity index (χ0) is 14.5. The molecule has 1 heterocycles. The summed E-state index contributed by atoms with van der Waals surface area (Å²) in [7, 11) is 0. The molecule has 1 aliphatic heterocycles. The highest BCUT2D eigenvalue weighted by atomic mass is 35.5. The molecule has 1 saturated heterocycles. The lowest BCUT2D eigenvalue weighted by molar-refractivity contribution is -0.129. The quantitative estimate of drug-likeness (QED) is 0.745. The summed E-state index contributed by atoms with van der Waals surface area (Å²) in [5.74, 6) is -0.503. The van der Waals surface area contributed by atoms with Gasteiger partial charge in [-0.15, -0.1) is 0 Å². The highest BCUT2D eigenvalue weighted by molar-refractivity contribution is 6.33. The summed E-state index contributed by atoms with van der Waals surface area (Å²) >= 11 is 6.04. The number of nitrogens with zero attached hydrogens (tertiary/aromatic N) is 1. The molecule has 1 aliphatic rings. The standard InChI is InChI=1S/C13H17ClN4O2/c14-10-7-9(13(15)20)1-2-11(10)17-8-12(19)18-5-3-16-4-6-18/h1-2,7,16-17H,3-6,8H2,(H2,15,20). The summed E-state index contributed by atoms with van der Waals surface area (Å²) in [6.45, 7) is 3.25. The lowest BCUT2D eigenvalue weighted by atomic mass is 10.2. The minimum absolute atomic E-state index is 0.0292. The molecule has 20 heavy (non-hydrogen) atoms. The number of piperazine rings is 1. The van der Waals surface area contributed by atoms with Gasteiger partial charge in [-0.25, -0.2) is 0 Å². The van der Waals surface area contributed by atoms with Gasteiger partial charge < -0.3 is 21.3 Å². The normalized spacial score (nSPS) is 14.9. The van der Waals surface area contributed by atoms with Crippen molar-refractivity contribution in [2.45, 2.75) is 0 Å². The van der Waals surface area contributed by atoms with E-state index >= 15 is 0 Å². The van der Waals surface area contributed by atoms with E-state index in [4.69, 9.17) is 17.3 Å². The lowest BCUT2D eigenvalue weighted by Gasteiger charge is -2.27. The molecule has 0 radical (unpaired) electrons. The maximum absolute atomic E-state index is 12.0. The summed E-state index contributed by atoms with van der Waals surface area (Å²) in [4.78, 5) is 24.8. The zero-order valence-electron chi connectivity index (χ0n) is 11.0. The number of benzene rings is 1. The van der Waals surface area contributed by atoms with Gasteiger partial charge in [-0.05, 0) is 18.2 Å². The number of primary amides is 1. The van der Waals surface area contributed by atoms with Crippen LogP contribution < -0.4 is 16.4 Å². The van der Waals surface area contributed by atoms with E-state index < -0.39 is 5.91 Å². The smallest absolute Gasteiger partial charge is 0.248 e. The topological polar surface area (TPSA) is 87.5 Å². The number of hydrogen-bond donors (Lipinski definition) is 3. The van der Waals surface area contributed by atoms with Gasteiger partial charge in [0, 0.05) is 31.7 Å². The summed E-state index contributed by atoms with van der Waals surface area (Å²) in [6, 6.07) is 4.71. The second kappa shape index (κ2) is 6.58. The average Bonchev–Trinajstić information content (AvgIpc) is 2.46. The minimum Gasteiger partial charge on any atom is -0.375 e. The van der Waals surface area contributed by atoms with Crippen molar-refractivity contribution in [1.29, 1.82) is 0 Å². The second-order valence-corrected chi connectivity index (χ2v) is 4.95. The predicted molar refractivity (Wildman–Crippen MR) is 77.9 cm³/mol. The molecule has 0 spiro atoms. The van der Waals surface area contributed by atoms with E-state index in [1.807, 2.05) is 0 Å². The van der Waals surface area contributed by atoms with Gasteiger partial charge in [-0.2, -0.15) is 0 Å². The fraction of sp³-hybridized carbons (Fsp3) is 0.385. The molecule has 4 N–H and O–H groups in total. The Morgan fingerprint density at radius 1 is 1.35 bits per heavy atom. The van der Waals surface area contributed by atoms with Crippen molar-refractivity contribution in [2.75, 3.05) is 38.0 Å². The van der Waals surface area contributed by atoms with Gasteiger partial charge >= 0.3 is 0 Å². The summed E-state index contributed by atoms with van der Waals surface area (Å²) in [5.41, 5.74) is 6.12. The summed E-state index contributed by atoms with van der Waals surface area (Å²) in [5, 5.41) is 6.54. The summed E-state index contributed by atoms with van der Waals surface area (Å²) < 4.78 is 0. The average molecular weight is 297 g/mol. The first kappa shape index (κ1) is 14.6. The fourth-order valence-electron chi connectivity index (χ4n) is 2.01. The van der Waals surface area contributed by atoms with E-state index in [-0.39, 0.29) is 12.5 Å². The molecule has 0 bridgehead atoms. The highest BCUT2D eigenvalue weighted by Gasteiger charge is 2.16. The van der Waals surface area contributed by atoms with Crippen LogP contribution in [0, 0.1) is 0 Å². The van der Waals surface area contributed by atoms with Gasteiger partial charge in [-0.1, -0.05) is 11.6 Å².